The van der Waals surface area contributed by atoms with E-state index in [-0.39, 0.29) is 0 Å². The molecule has 2 heterocycles. The van der Waals surface area contributed by atoms with Gasteiger partial charge in [0.2, 0.25) is 0 Å². The number of para-hydroxylation sites is 1. The summed E-state index contributed by atoms with van der Waals surface area (Å²) in [4.78, 5) is 4.95. The highest BCUT2D eigenvalue weighted by atomic mass is 15.2. The third-order valence-corrected chi connectivity index (χ3v) is 4.70. The Balaban J connectivity index is 1.70. The molecule has 2 heteroatoms. The standard InChI is InChI=1S/C17H24N2/c1-18(15-7-4-3-5-8-15)13-14-11-16-9-6-10-17(12-14)19(16)2/h3-5,7-8,11,16-17H,6,9-10,12-13H2,1-2H3. The Morgan fingerprint density at radius 1 is 1.21 bits per heavy atom. The lowest BCUT2D eigenvalue weighted by molar-refractivity contribution is 0.129. The van der Waals surface area contributed by atoms with Crippen LogP contribution in [0.3, 0.4) is 0 Å². The summed E-state index contributed by atoms with van der Waals surface area (Å²) in [6.07, 6.45) is 7.89. The fourth-order valence-corrected chi connectivity index (χ4v) is 3.53. The Morgan fingerprint density at radius 2 is 2.00 bits per heavy atom. The predicted molar refractivity (Wildman–Crippen MR) is 81.6 cm³/mol. The fraction of sp³-hybridized carbons (Fsp3) is 0.529. The van der Waals surface area contributed by atoms with Gasteiger partial charge in [0.25, 0.3) is 0 Å². The van der Waals surface area contributed by atoms with E-state index in [9.17, 15) is 0 Å². The molecule has 0 aliphatic carbocycles. The van der Waals surface area contributed by atoms with E-state index in [2.05, 4.69) is 60.3 Å². The number of benzene rings is 1. The molecule has 2 atom stereocenters. The average molecular weight is 256 g/mol. The number of likely N-dealkylation sites (N-methyl/N-ethyl adjacent to an activating group) is 2. The lowest BCUT2D eigenvalue weighted by Gasteiger charge is -2.43. The fourth-order valence-electron chi connectivity index (χ4n) is 3.53. The van der Waals surface area contributed by atoms with Crippen LogP contribution >= 0.6 is 0 Å². The monoisotopic (exact) mass is 256 g/mol. The molecule has 1 fully saturated rings. The zero-order chi connectivity index (χ0) is 13.2. The Labute approximate surface area is 116 Å². The summed E-state index contributed by atoms with van der Waals surface area (Å²) in [6, 6.07) is 12.2. The van der Waals surface area contributed by atoms with Gasteiger partial charge in [0.1, 0.15) is 0 Å². The van der Waals surface area contributed by atoms with Crippen LogP contribution < -0.4 is 4.90 Å². The molecule has 0 aromatic heterocycles. The molecule has 0 amide bonds. The molecule has 2 aliphatic rings. The third-order valence-electron chi connectivity index (χ3n) is 4.70. The molecule has 1 aromatic rings. The van der Waals surface area contributed by atoms with Crippen molar-refractivity contribution in [1.29, 1.82) is 0 Å². The van der Waals surface area contributed by atoms with Crippen molar-refractivity contribution >= 4 is 5.69 Å². The zero-order valence-corrected chi connectivity index (χ0v) is 12.0. The van der Waals surface area contributed by atoms with Crippen molar-refractivity contribution in [2.24, 2.45) is 0 Å². The van der Waals surface area contributed by atoms with Gasteiger partial charge in [-0.2, -0.15) is 0 Å². The molecule has 0 spiro atoms. The normalized spacial score (nSPS) is 26.9. The third kappa shape index (κ3) is 2.69. The van der Waals surface area contributed by atoms with Gasteiger partial charge in [0.15, 0.2) is 0 Å². The number of hydrogen-bond donors (Lipinski definition) is 0. The first-order chi connectivity index (χ1) is 9.24. The van der Waals surface area contributed by atoms with Gasteiger partial charge in [-0.05, 0) is 38.4 Å². The first kappa shape index (κ1) is 12.7. The van der Waals surface area contributed by atoms with Crippen molar-refractivity contribution in [2.75, 3.05) is 25.5 Å². The first-order valence-corrected chi connectivity index (χ1v) is 7.42. The molecule has 3 rings (SSSR count). The lowest BCUT2D eigenvalue weighted by atomic mass is 9.85. The number of nitrogens with zero attached hydrogens (tertiary/aromatic N) is 2. The van der Waals surface area contributed by atoms with Crippen molar-refractivity contribution < 1.29 is 0 Å². The van der Waals surface area contributed by atoms with Crippen LogP contribution in [0.1, 0.15) is 25.7 Å². The summed E-state index contributed by atoms with van der Waals surface area (Å²) < 4.78 is 0. The molecule has 0 N–H and O–H groups in total. The molecule has 2 bridgehead atoms. The molecule has 2 unspecified atom stereocenters. The number of anilines is 1. The highest BCUT2D eigenvalue weighted by molar-refractivity contribution is 5.46. The molecule has 2 nitrogen and oxygen atoms in total. The zero-order valence-electron chi connectivity index (χ0n) is 12.0. The maximum Gasteiger partial charge on any atom is 0.0386 e. The van der Waals surface area contributed by atoms with Gasteiger partial charge in [-0.3, -0.25) is 4.90 Å². The smallest absolute Gasteiger partial charge is 0.0386 e. The summed E-state index contributed by atoms with van der Waals surface area (Å²) >= 11 is 0. The molecule has 1 saturated heterocycles. The van der Waals surface area contributed by atoms with Crippen LogP contribution in [0, 0.1) is 0 Å². The van der Waals surface area contributed by atoms with Crippen LogP contribution in [0.2, 0.25) is 0 Å². The summed E-state index contributed by atoms with van der Waals surface area (Å²) in [7, 11) is 4.49. The minimum atomic E-state index is 0.687. The van der Waals surface area contributed by atoms with Gasteiger partial charge in [-0.25, -0.2) is 0 Å². The van der Waals surface area contributed by atoms with Crippen molar-refractivity contribution in [1.82, 2.24) is 4.90 Å². The Hall–Kier alpha value is -1.28. The predicted octanol–water partition coefficient (Wildman–Crippen LogP) is 3.31. The summed E-state index contributed by atoms with van der Waals surface area (Å²) in [5.74, 6) is 0. The molecular formula is C17H24N2. The first-order valence-electron chi connectivity index (χ1n) is 7.42. The van der Waals surface area contributed by atoms with Crippen LogP contribution in [-0.4, -0.2) is 37.6 Å². The summed E-state index contributed by atoms with van der Waals surface area (Å²) in [5.41, 5.74) is 2.94. The molecule has 0 radical (unpaired) electrons. The van der Waals surface area contributed by atoms with Crippen LogP contribution in [0.4, 0.5) is 5.69 Å². The highest BCUT2D eigenvalue weighted by Crippen LogP contribution is 2.32. The van der Waals surface area contributed by atoms with Crippen LogP contribution in [-0.2, 0) is 0 Å². The molecular weight excluding hydrogens is 232 g/mol. The minimum absolute atomic E-state index is 0.687. The van der Waals surface area contributed by atoms with E-state index >= 15 is 0 Å². The minimum Gasteiger partial charge on any atom is -0.371 e. The van der Waals surface area contributed by atoms with E-state index in [1.54, 1.807) is 5.57 Å². The van der Waals surface area contributed by atoms with Crippen molar-refractivity contribution in [2.45, 2.75) is 37.8 Å². The number of rotatable bonds is 3. The average Bonchev–Trinajstić information content (AvgIpc) is 2.41. The van der Waals surface area contributed by atoms with E-state index in [0.29, 0.717) is 6.04 Å². The molecule has 2 aliphatic heterocycles. The summed E-state index contributed by atoms with van der Waals surface area (Å²) in [5, 5.41) is 0. The van der Waals surface area contributed by atoms with Gasteiger partial charge in [0.05, 0.1) is 0 Å². The maximum atomic E-state index is 2.58. The van der Waals surface area contributed by atoms with Crippen LogP contribution in [0.25, 0.3) is 0 Å². The number of hydrogen-bond acceptors (Lipinski definition) is 2. The Kier molecular flexibility index (Phi) is 3.61. The second-order valence-electron chi connectivity index (χ2n) is 6.04. The Bertz CT molecular complexity index is 452. The van der Waals surface area contributed by atoms with Gasteiger partial charge < -0.3 is 4.90 Å². The van der Waals surface area contributed by atoms with E-state index in [0.717, 1.165) is 12.6 Å². The molecule has 1 aromatic carbocycles. The van der Waals surface area contributed by atoms with Gasteiger partial charge in [-0.1, -0.05) is 36.3 Å². The highest BCUT2D eigenvalue weighted by Gasteiger charge is 2.31. The van der Waals surface area contributed by atoms with Crippen molar-refractivity contribution in [3.8, 4) is 0 Å². The number of piperidine rings is 1. The second-order valence-corrected chi connectivity index (χ2v) is 6.04. The largest absolute Gasteiger partial charge is 0.371 e. The lowest BCUT2D eigenvalue weighted by Crippen LogP contribution is -2.46. The van der Waals surface area contributed by atoms with Crippen LogP contribution in [0.5, 0.6) is 0 Å². The SMILES string of the molecule is CN(CC1=CC2CCCC(C1)N2C)c1ccccc1. The van der Waals surface area contributed by atoms with E-state index in [4.69, 9.17) is 0 Å². The summed E-state index contributed by atoms with van der Waals surface area (Å²) in [6.45, 7) is 1.07. The van der Waals surface area contributed by atoms with Crippen LogP contribution in [0.15, 0.2) is 42.0 Å². The Morgan fingerprint density at radius 3 is 2.74 bits per heavy atom. The van der Waals surface area contributed by atoms with Gasteiger partial charge >= 0.3 is 0 Å². The number of fused-ring (bicyclic) bond motifs is 2. The van der Waals surface area contributed by atoms with Gasteiger partial charge in [0, 0.05) is 31.4 Å². The quantitative estimate of drug-likeness (QED) is 0.766. The van der Waals surface area contributed by atoms with Crippen molar-refractivity contribution in [3.05, 3.63) is 42.0 Å². The maximum absolute atomic E-state index is 2.58. The molecule has 19 heavy (non-hydrogen) atoms. The van der Waals surface area contributed by atoms with Gasteiger partial charge in [-0.15, -0.1) is 0 Å². The molecule has 102 valence electrons. The van der Waals surface area contributed by atoms with E-state index < -0.39 is 0 Å². The topological polar surface area (TPSA) is 6.48 Å². The van der Waals surface area contributed by atoms with E-state index in [1.807, 2.05) is 0 Å². The van der Waals surface area contributed by atoms with E-state index in [1.165, 1.54) is 31.4 Å². The van der Waals surface area contributed by atoms with Crippen molar-refractivity contribution in [3.63, 3.8) is 0 Å². The molecule has 0 saturated carbocycles. The second kappa shape index (κ2) is 5.38.